The fraction of sp³-hybridized carbons (Fsp3) is 1.00. The van der Waals surface area contributed by atoms with Crippen molar-refractivity contribution in [1.82, 2.24) is 0 Å². The summed E-state index contributed by atoms with van der Waals surface area (Å²) in [5, 5.41) is -8.10. The third kappa shape index (κ3) is 4.34. The first-order valence-electron chi connectivity index (χ1n) is 6.54. The van der Waals surface area contributed by atoms with Gasteiger partial charge >= 0.3 is 66.1 Å². The summed E-state index contributed by atoms with van der Waals surface area (Å²) in [6.07, 6.45) is -7.95. The highest BCUT2D eigenvalue weighted by molar-refractivity contribution is 7.88. The Bertz CT molecular complexity index is 843. The molecule has 25 heteroatoms. The first-order chi connectivity index (χ1) is 13.7. The molecule has 0 unspecified atom stereocenters. The molecule has 0 saturated heterocycles. The highest BCUT2D eigenvalue weighted by Crippen LogP contribution is 2.64. The van der Waals surface area contributed by atoms with Gasteiger partial charge in [0, 0.05) is 0 Å². The fourth-order valence-corrected chi connectivity index (χ4v) is 3.54. The van der Waals surface area contributed by atoms with E-state index < -0.39 is 66.1 Å². The molecule has 0 atom stereocenters. The Hall–Kier alpha value is -1.18. The van der Waals surface area contributed by atoms with Crippen molar-refractivity contribution in [2.24, 2.45) is 0 Å². The zero-order valence-corrected chi connectivity index (χ0v) is 15.7. The van der Waals surface area contributed by atoms with Crippen LogP contribution in [0.3, 0.4) is 0 Å². The van der Waals surface area contributed by atoms with Crippen molar-refractivity contribution in [3.63, 3.8) is 0 Å². The molecule has 0 heterocycles. The van der Waals surface area contributed by atoms with Crippen LogP contribution in [0, 0.1) is 0 Å². The normalized spacial score (nSPS) is 16.8. The summed E-state index contributed by atoms with van der Waals surface area (Å²) < 4.78 is 243. The van der Waals surface area contributed by atoms with Gasteiger partial charge in [0.2, 0.25) is 0 Å². The fourth-order valence-electron chi connectivity index (χ4n) is 1.51. The Morgan fingerprint density at radius 3 is 0.970 bits per heavy atom. The summed E-state index contributed by atoms with van der Waals surface area (Å²) in [6, 6.07) is 0. The minimum atomic E-state index is -9.03. The molecule has 0 aliphatic rings. The minimum Gasteiger partial charge on any atom is -0.367 e. The molecular formula is C8H3F17O6SSi. The van der Waals surface area contributed by atoms with E-state index in [4.69, 9.17) is 14.4 Å². The van der Waals surface area contributed by atoms with Crippen LogP contribution in [0.25, 0.3) is 0 Å². The number of halogens is 17. The van der Waals surface area contributed by atoms with Crippen LogP contribution in [-0.2, 0) is 14.0 Å². The van der Waals surface area contributed by atoms with E-state index in [2.05, 4.69) is 3.87 Å². The van der Waals surface area contributed by atoms with Gasteiger partial charge in [-0.2, -0.15) is 83.1 Å². The lowest BCUT2D eigenvalue weighted by Crippen LogP contribution is -2.75. The van der Waals surface area contributed by atoms with Crippen LogP contribution in [-0.4, -0.2) is 78.8 Å². The summed E-state index contributed by atoms with van der Waals surface area (Å²) in [7, 11) is -15.2. The Morgan fingerprint density at radius 1 is 0.485 bits per heavy atom. The van der Waals surface area contributed by atoms with Gasteiger partial charge in [0.25, 0.3) is 0 Å². The monoisotopic (exact) mass is 578 g/mol. The van der Waals surface area contributed by atoms with Gasteiger partial charge in [0.05, 0.1) is 0 Å². The molecule has 33 heavy (non-hydrogen) atoms. The van der Waals surface area contributed by atoms with Gasteiger partial charge in [0.15, 0.2) is 0 Å². The van der Waals surface area contributed by atoms with Crippen LogP contribution >= 0.6 is 0 Å². The predicted octanol–water partition coefficient (Wildman–Crippen LogP) is 2.71. The molecular weight excluding hydrogens is 575 g/mol. The van der Waals surface area contributed by atoms with Crippen LogP contribution in [0.15, 0.2) is 0 Å². The highest BCUT2D eigenvalue weighted by atomic mass is 32.2. The van der Waals surface area contributed by atoms with E-state index in [-0.39, 0.29) is 0 Å². The predicted molar refractivity (Wildman–Crippen MR) is 63.1 cm³/mol. The number of rotatable bonds is 9. The zero-order valence-electron chi connectivity index (χ0n) is 13.9. The third-order valence-electron chi connectivity index (χ3n) is 3.23. The van der Waals surface area contributed by atoms with E-state index in [1.54, 1.807) is 0 Å². The number of hydrogen-bond donors (Lipinski definition) is 3. The molecule has 0 spiro atoms. The molecule has 200 valence electrons. The topological polar surface area (TPSA) is 104 Å². The Morgan fingerprint density at radius 2 is 0.727 bits per heavy atom. The second kappa shape index (κ2) is 7.66. The zero-order chi connectivity index (χ0) is 27.7. The van der Waals surface area contributed by atoms with E-state index in [0.717, 1.165) is 0 Å². The lowest BCUT2D eigenvalue weighted by Gasteiger charge is -2.42. The van der Waals surface area contributed by atoms with Crippen LogP contribution in [0.1, 0.15) is 0 Å². The van der Waals surface area contributed by atoms with Crippen LogP contribution in [0.2, 0.25) is 0 Å². The van der Waals surface area contributed by atoms with E-state index in [1.807, 2.05) is 0 Å². The van der Waals surface area contributed by atoms with Gasteiger partial charge < -0.3 is 14.4 Å². The van der Waals surface area contributed by atoms with Crippen molar-refractivity contribution in [3.8, 4) is 0 Å². The molecule has 0 bridgehead atoms. The molecule has 0 fully saturated rings. The van der Waals surface area contributed by atoms with Crippen LogP contribution < -0.4 is 0 Å². The second-order valence-electron chi connectivity index (χ2n) is 5.57. The van der Waals surface area contributed by atoms with Crippen LogP contribution in [0.4, 0.5) is 74.6 Å². The molecule has 3 N–H and O–H groups in total. The van der Waals surface area contributed by atoms with Gasteiger partial charge in [-0.3, -0.25) is 0 Å². The van der Waals surface area contributed by atoms with Gasteiger partial charge in [-0.15, -0.1) is 0 Å². The van der Waals surface area contributed by atoms with Crippen molar-refractivity contribution in [1.29, 1.82) is 0 Å². The number of hydrogen-bond acceptors (Lipinski definition) is 6. The molecule has 6 nitrogen and oxygen atoms in total. The van der Waals surface area contributed by atoms with E-state index >= 15 is 0 Å². The molecule has 0 saturated carbocycles. The Balaban J connectivity index is 6.96. The SMILES string of the molecule is O=S(=O)(O[Si](O)(O)O)C(F)(F)C(F)(F)C(F)(F)C(F)(F)C(F)(F)C(F)(F)C(F)(F)C(F)(F)F. The highest BCUT2D eigenvalue weighted by Gasteiger charge is 2.96. The van der Waals surface area contributed by atoms with E-state index in [1.165, 1.54) is 0 Å². The summed E-state index contributed by atoms with van der Waals surface area (Å²) >= 11 is 0. The molecule has 0 rings (SSSR count). The maximum Gasteiger partial charge on any atom is 0.686 e. The number of alkyl halides is 17. The minimum absolute atomic E-state index is 2.10. The smallest absolute Gasteiger partial charge is 0.367 e. The average Bonchev–Trinajstić information content (AvgIpc) is 2.49. The van der Waals surface area contributed by atoms with E-state index in [0.29, 0.717) is 0 Å². The van der Waals surface area contributed by atoms with Gasteiger partial charge in [-0.25, -0.2) is 3.87 Å². The molecule has 0 aromatic carbocycles. The van der Waals surface area contributed by atoms with Gasteiger partial charge in [-0.05, 0) is 0 Å². The first-order valence-corrected chi connectivity index (χ1v) is 9.70. The molecule has 0 radical (unpaired) electrons. The molecule has 0 aliphatic carbocycles. The second-order valence-corrected chi connectivity index (χ2v) is 8.81. The first kappa shape index (κ1) is 31.8. The summed E-state index contributed by atoms with van der Waals surface area (Å²) in [4.78, 5) is 24.2. The van der Waals surface area contributed by atoms with Crippen molar-refractivity contribution in [2.75, 3.05) is 0 Å². The van der Waals surface area contributed by atoms with Gasteiger partial charge in [-0.1, -0.05) is 0 Å². The Labute approximate surface area is 168 Å². The van der Waals surface area contributed by atoms with Crippen LogP contribution in [0.5, 0.6) is 0 Å². The maximum atomic E-state index is 13.3. The molecule has 0 amide bonds. The van der Waals surface area contributed by atoms with Gasteiger partial charge in [0.1, 0.15) is 0 Å². The van der Waals surface area contributed by atoms with Crippen molar-refractivity contribution < 1.29 is 101 Å². The quantitative estimate of drug-likeness (QED) is 0.288. The third-order valence-corrected chi connectivity index (χ3v) is 5.89. The molecule has 0 aromatic heterocycles. The lowest BCUT2D eigenvalue weighted by molar-refractivity contribution is -0.458. The standard InChI is InChI=1S/C8H3F17O6SSi/c9-1(10,3(13,14)5(17,18)7(21,22)23)2(11,12)4(15,16)6(19,20)8(24,25)32(26,27)31-33(28,29)30/h28-30H. The van der Waals surface area contributed by atoms with Crippen molar-refractivity contribution in [3.05, 3.63) is 0 Å². The molecule has 0 aromatic rings. The lowest BCUT2D eigenvalue weighted by atomic mass is 9.91. The summed E-state index contributed by atoms with van der Waals surface area (Å²) in [6.45, 7) is 0. The Kier molecular flexibility index (Phi) is 7.38. The maximum absolute atomic E-state index is 13.3. The van der Waals surface area contributed by atoms with Crippen molar-refractivity contribution in [2.45, 2.75) is 47.0 Å². The average molecular weight is 578 g/mol. The summed E-state index contributed by atoms with van der Waals surface area (Å²) in [5.74, 6) is -52.8. The summed E-state index contributed by atoms with van der Waals surface area (Å²) in [5.41, 5.74) is 0. The van der Waals surface area contributed by atoms with Crippen molar-refractivity contribution >= 4 is 19.2 Å². The largest absolute Gasteiger partial charge is 0.686 e. The van der Waals surface area contributed by atoms with E-state index in [9.17, 15) is 83.1 Å². The molecule has 0 aliphatic heterocycles.